The Bertz CT molecular complexity index is 583. The molecule has 1 atom stereocenters. The molecule has 4 nitrogen and oxygen atoms in total. The number of carbonyl (C=O) groups is 1. The number of rotatable bonds is 3. The summed E-state index contributed by atoms with van der Waals surface area (Å²) in [5.74, 6) is -1.17. The topological polar surface area (TPSA) is 73.1 Å². The molecule has 21 heavy (non-hydrogen) atoms. The fraction of sp³-hybridized carbons (Fsp3) is 0.429. The number of anilines is 1. The summed E-state index contributed by atoms with van der Waals surface area (Å²) in [5.41, 5.74) is -2.29. The van der Waals surface area contributed by atoms with E-state index in [9.17, 15) is 18.0 Å². The van der Waals surface area contributed by atoms with Gasteiger partial charge in [0, 0.05) is 5.69 Å². The van der Waals surface area contributed by atoms with Crippen LogP contribution in [-0.4, -0.2) is 17.1 Å². The fourth-order valence-electron chi connectivity index (χ4n) is 1.78. The normalized spacial score (nSPS) is 13.4. The molecule has 0 heterocycles. The number of benzene rings is 1. The van der Waals surface area contributed by atoms with Gasteiger partial charge in [-0.1, -0.05) is 20.8 Å². The molecule has 0 aromatic heterocycles. The van der Waals surface area contributed by atoms with Gasteiger partial charge in [-0.05, 0) is 23.6 Å². The molecule has 114 valence electrons. The lowest BCUT2D eigenvalue weighted by Crippen LogP contribution is -2.41. The average Bonchev–Trinajstić information content (AvgIpc) is 2.32. The van der Waals surface area contributed by atoms with Crippen LogP contribution in [0.25, 0.3) is 0 Å². The molecule has 0 aliphatic heterocycles. The van der Waals surface area contributed by atoms with Crippen LogP contribution in [0.4, 0.5) is 18.9 Å². The van der Waals surface area contributed by atoms with E-state index in [1.807, 2.05) is 0 Å². The van der Waals surface area contributed by atoms with Gasteiger partial charge in [-0.25, -0.2) is 4.79 Å². The Morgan fingerprint density at radius 2 is 1.90 bits per heavy atom. The maximum atomic E-state index is 12.9. The highest BCUT2D eigenvalue weighted by atomic mass is 19.4. The van der Waals surface area contributed by atoms with Gasteiger partial charge in [0.05, 0.1) is 17.2 Å². The molecule has 0 saturated heterocycles. The molecule has 0 aliphatic rings. The zero-order chi connectivity index (χ0) is 16.4. The summed E-state index contributed by atoms with van der Waals surface area (Å²) < 4.78 is 38.6. The summed E-state index contributed by atoms with van der Waals surface area (Å²) in [4.78, 5) is 11.2. The molecule has 7 heteroatoms. The molecule has 0 fully saturated rings. The Hall–Kier alpha value is -2.23. The lowest BCUT2D eigenvalue weighted by Gasteiger charge is -2.29. The number of nitrogens with one attached hydrogen (secondary N) is 1. The van der Waals surface area contributed by atoms with Crippen LogP contribution < -0.4 is 5.32 Å². The summed E-state index contributed by atoms with van der Waals surface area (Å²) in [6.45, 7) is 4.98. The molecule has 2 N–H and O–H groups in total. The third kappa shape index (κ3) is 4.12. The van der Waals surface area contributed by atoms with E-state index in [0.29, 0.717) is 0 Å². The number of hydrogen-bond acceptors (Lipinski definition) is 3. The molecule has 1 aromatic rings. The first-order valence-electron chi connectivity index (χ1n) is 6.07. The molecule has 0 saturated carbocycles. The van der Waals surface area contributed by atoms with Crippen LogP contribution in [0.5, 0.6) is 0 Å². The number of carboxylic acid groups (broad SMARTS) is 1. The van der Waals surface area contributed by atoms with Crippen molar-refractivity contribution in [3.05, 3.63) is 29.3 Å². The van der Waals surface area contributed by atoms with Crippen LogP contribution >= 0.6 is 0 Å². The monoisotopic (exact) mass is 300 g/mol. The van der Waals surface area contributed by atoms with Crippen molar-refractivity contribution in [2.24, 2.45) is 5.41 Å². The molecule has 0 bridgehead atoms. The van der Waals surface area contributed by atoms with Crippen molar-refractivity contribution in [3.63, 3.8) is 0 Å². The number of aliphatic carboxylic acids is 1. The van der Waals surface area contributed by atoms with Crippen molar-refractivity contribution in [2.75, 3.05) is 5.32 Å². The van der Waals surface area contributed by atoms with Gasteiger partial charge in [0.2, 0.25) is 0 Å². The second-order valence-electron chi connectivity index (χ2n) is 5.65. The van der Waals surface area contributed by atoms with Crippen molar-refractivity contribution >= 4 is 11.7 Å². The maximum Gasteiger partial charge on any atom is 0.417 e. The summed E-state index contributed by atoms with van der Waals surface area (Å²) in [6.07, 6.45) is -4.68. The molecule has 0 aliphatic carbocycles. The highest BCUT2D eigenvalue weighted by Gasteiger charge is 2.35. The van der Waals surface area contributed by atoms with Gasteiger partial charge in [-0.2, -0.15) is 18.4 Å². The fourth-order valence-corrected chi connectivity index (χ4v) is 1.78. The number of hydrogen-bond donors (Lipinski definition) is 2. The molecule has 0 radical (unpaired) electrons. The lowest BCUT2D eigenvalue weighted by atomic mass is 9.86. The van der Waals surface area contributed by atoms with Gasteiger partial charge in [-0.3, -0.25) is 0 Å². The summed E-state index contributed by atoms with van der Waals surface area (Å²) in [5, 5.41) is 20.4. The molecular formula is C14H15F3N2O2. The highest BCUT2D eigenvalue weighted by Crippen LogP contribution is 2.34. The van der Waals surface area contributed by atoms with E-state index in [4.69, 9.17) is 10.4 Å². The van der Waals surface area contributed by atoms with Gasteiger partial charge in [0.25, 0.3) is 0 Å². The van der Waals surface area contributed by atoms with E-state index < -0.39 is 34.7 Å². The Morgan fingerprint density at radius 3 is 2.29 bits per heavy atom. The van der Waals surface area contributed by atoms with Crippen molar-refractivity contribution in [1.82, 2.24) is 0 Å². The smallest absolute Gasteiger partial charge is 0.417 e. The lowest BCUT2D eigenvalue weighted by molar-refractivity contribution is -0.140. The largest absolute Gasteiger partial charge is 0.480 e. The Balaban J connectivity index is 3.22. The van der Waals surface area contributed by atoms with Crippen LogP contribution in [-0.2, 0) is 11.0 Å². The van der Waals surface area contributed by atoms with Gasteiger partial charge in [0.15, 0.2) is 0 Å². The van der Waals surface area contributed by atoms with Crippen molar-refractivity contribution in [3.8, 4) is 6.07 Å². The Labute approximate surface area is 120 Å². The quantitative estimate of drug-likeness (QED) is 0.896. The highest BCUT2D eigenvalue weighted by molar-refractivity contribution is 5.78. The second kappa shape index (κ2) is 5.64. The van der Waals surface area contributed by atoms with E-state index >= 15 is 0 Å². The van der Waals surface area contributed by atoms with Crippen LogP contribution in [0.2, 0.25) is 0 Å². The van der Waals surface area contributed by atoms with E-state index in [0.717, 1.165) is 12.1 Å². The van der Waals surface area contributed by atoms with Crippen LogP contribution in [0, 0.1) is 16.7 Å². The molecule has 1 rings (SSSR count). The summed E-state index contributed by atoms with van der Waals surface area (Å²) >= 11 is 0. The first-order chi connectivity index (χ1) is 9.46. The Morgan fingerprint density at radius 1 is 1.33 bits per heavy atom. The number of carboxylic acids is 1. The van der Waals surface area contributed by atoms with Crippen LogP contribution in [0.3, 0.4) is 0 Å². The molecule has 1 unspecified atom stereocenters. The minimum Gasteiger partial charge on any atom is -0.480 e. The molecule has 1 aromatic carbocycles. The number of nitriles is 1. The molecule has 0 amide bonds. The number of nitrogens with zero attached hydrogens (tertiary/aromatic N) is 1. The minimum atomic E-state index is -4.68. The summed E-state index contributed by atoms with van der Waals surface area (Å²) in [6, 6.07) is 3.44. The molecular weight excluding hydrogens is 285 g/mol. The van der Waals surface area contributed by atoms with Crippen LogP contribution in [0.1, 0.15) is 31.9 Å². The zero-order valence-corrected chi connectivity index (χ0v) is 11.7. The van der Waals surface area contributed by atoms with E-state index in [1.54, 1.807) is 20.8 Å². The first kappa shape index (κ1) is 16.8. The van der Waals surface area contributed by atoms with Gasteiger partial charge >= 0.3 is 12.1 Å². The number of halogens is 3. The van der Waals surface area contributed by atoms with Crippen molar-refractivity contribution in [2.45, 2.75) is 33.0 Å². The van der Waals surface area contributed by atoms with Crippen molar-refractivity contribution < 1.29 is 23.1 Å². The van der Waals surface area contributed by atoms with Gasteiger partial charge in [-0.15, -0.1) is 0 Å². The predicted molar refractivity (Wildman–Crippen MR) is 70.7 cm³/mol. The van der Waals surface area contributed by atoms with Gasteiger partial charge in [0.1, 0.15) is 6.04 Å². The average molecular weight is 300 g/mol. The van der Waals surface area contributed by atoms with Gasteiger partial charge < -0.3 is 10.4 Å². The summed E-state index contributed by atoms with van der Waals surface area (Å²) in [7, 11) is 0. The predicted octanol–water partition coefficient (Wildman–Crippen LogP) is 3.49. The third-order valence-corrected chi connectivity index (χ3v) is 2.87. The second-order valence-corrected chi connectivity index (χ2v) is 5.65. The third-order valence-electron chi connectivity index (χ3n) is 2.87. The minimum absolute atomic E-state index is 0.00338. The van der Waals surface area contributed by atoms with E-state index in [1.165, 1.54) is 12.1 Å². The number of alkyl halides is 3. The zero-order valence-electron chi connectivity index (χ0n) is 11.7. The Kier molecular flexibility index (Phi) is 4.52. The molecule has 0 spiro atoms. The SMILES string of the molecule is CC(C)(C)C(Nc1ccc(C#N)c(C(F)(F)F)c1)C(=O)O. The standard InChI is InChI=1S/C14H15F3N2O2/c1-13(2,3)11(12(20)21)19-9-5-4-8(7-18)10(6-9)14(15,16)17/h4-6,11,19H,1-3H3,(H,20,21). The van der Waals surface area contributed by atoms with Crippen molar-refractivity contribution in [1.29, 1.82) is 5.26 Å². The van der Waals surface area contributed by atoms with Crippen LogP contribution in [0.15, 0.2) is 18.2 Å². The maximum absolute atomic E-state index is 12.9. The van der Waals surface area contributed by atoms with E-state index in [-0.39, 0.29) is 5.69 Å². The first-order valence-corrected chi connectivity index (χ1v) is 6.07. The van der Waals surface area contributed by atoms with E-state index in [2.05, 4.69) is 5.32 Å².